The topological polar surface area (TPSA) is 12.0 Å². The molecule has 1 fully saturated rings. The summed E-state index contributed by atoms with van der Waals surface area (Å²) in [6.07, 6.45) is 2.41. The first kappa shape index (κ1) is 14.3. The average molecular weight is 281 g/mol. The monoisotopic (exact) mass is 281 g/mol. The van der Waals surface area contributed by atoms with Gasteiger partial charge in [-0.25, -0.2) is 0 Å². The van der Waals surface area contributed by atoms with Crippen molar-refractivity contribution in [3.05, 3.63) is 35.9 Å². The first-order valence-corrected chi connectivity index (χ1v) is 9.11. The molecule has 0 amide bonds. The number of hydrogen-bond donors (Lipinski definition) is 1. The van der Waals surface area contributed by atoms with Gasteiger partial charge in [-0.05, 0) is 25.3 Å². The highest BCUT2D eigenvalue weighted by Gasteiger charge is 2.14. The number of rotatable bonds is 5. The Hall–Kier alpha value is -0.120. The maximum Gasteiger partial charge on any atom is 0.0251 e. The zero-order chi connectivity index (χ0) is 12.6. The van der Waals surface area contributed by atoms with E-state index < -0.39 is 0 Å². The molecule has 100 valence electrons. The van der Waals surface area contributed by atoms with Crippen LogP contribution < -0.4 is 5.32 Å². The Morgan fingerprint density at radius 3 is 2.50 bits per heavy atom. The van der Waals surface area contributed by atoms with Gasteiger partial charge in [0.2, 0.25) is 0 Å². The highest BCUT2D eigenvalue weighted by atomic mass is 32.2. The Labute approximate surface area is 120 Å². The van der Waals surface area contributed by atoms with Crippen molar-refractivity contribution >= 4 is 23.5 Å². The molecule has 0 bridgehead atoms. The quantitative estimate of drug-likeness (QED) is 0.888. The third-order valence-electron chi connectivity index (χ3n) is 3.24. The summed E-state index contributed by atoms with van der Waals surface area (Å²) in [4.78, 5) is 0. The van der Waals surface area contributed by atoms with Crippen LogP contribution in [-0.4, -0.2) is 35.1 Å². The predicted octanol–water partition coefficient (Wildman–Crippen LogP) is 3.45. The van der Waals surface area contributed by atoms with Crippen molar-refractivity contribution in [1.29, 1.82) is 0 Å². The normalized spacial score (nSPS) is 19.4. The fourth-order valence-electron chi connectivity index (χ4n) is 2.23. The van der Waals surface area contributed by atoms with Gasteiger partial charge < -0.3 is 5.32 Å². The zero-order valence-corrected chi connectivity index (χ0v) is 12.7. The molecule has 1 aliphatic heterocycles. The van der Waals surface area contributed by atoms with Crippen molar-refractivity contribution in [2.45, 2.75) is 31.8 Å². The molecule has 0 saturated carbocycles. The summed E-state index contributed by atoms with van der Waals surface area (Å²) in [5, 5.41) is 3.79. The van der Waals surface area contributed by atoms with E-state index in [4.69, 9.17) is 0 Å². The summed E-state index contributed by atoms with van der Waals surface area (Å²) in [7, 11) is 0. The van der Waals surface area contributed by atoms with Gasteiger partial charge >= 0.3 is 0 Å². The Morgan fingerprint density at radius 2 is 1.83 bits per heavy atom. The van der Waals surface area contributed by atoms with E-state index in [2.05, 4.69) is 66.1 Å². The zero-order valence-electron chi connectivity index (χ0n) is 11.1. The van der Waals surface area contributed by atoms with Gasteiger partial charge in [0.1, 0.15) is 0 Å². The summed E-state index contributed by atoms with van der Waals surface area (Å²) in [5.41, 5.74) is 1.45. The molecule has 1 atom stereocenters. The van der Waals surface area contributed by atoms with Crippen molar-refractivity contribution in [1.82, 2.24) is 5.32 Å². The van der Waals surface area contributed by atoms with Crippen LogP contribution in [0.5, 0.6) is 0 Å². The number of nitrogens with one attached hydrogen (secondary N) is 1. The van der Waals surface area contributed by atoms with E-state index >= 15 is 0 Å². The van der Waals surface area contributed by atoms with E-state index in [1.165, 1.54) is 41.4 Å². The molecule has 1 saturated heterocycles. The third kappa shape index (κ3) is 5.25. The molecule has 0 aliphatic carbocycles. The van der Waals surface area contributed by atoms with Gasteiger partial charge in [-0.3, -0.25) is 0 Å². The van der Waals surface area contributed by atoms with Gasteiger partial charge in [0.15, 0.2) is 0 Å². The smallest absolute Gasteiger partial charge is 0.0251 e. The van der Waals surface area contributed by atoms with Gasteiger partial charge in [-0.1, -0.05) is 30.3 Å². The number of aryl methyl sites for hydroxylation is 1. The number of hydrogen-bond acceptors (Lipinski definition) is 3. The maximum atomic E-state index is 3.79. The minimum absolute atomic E-state index is 0.620. The molecular formula is C15H23NS2. The molecule has 1 heterocycles. The maximum absolute atomic E-state index is 3.79. The van der Waals surface area contributed by atoms with E-state index in [-0.39, 0.29) is 0 Å². The molecule has 1 unspecified atom stereocenters. The lowest BCUT2D eigenvalue weighted by atomic mass is 10.1. The predicted molar refractivity (Wildman–Crippen MR) is 85.8 cm³/mol. The summed E-state index contributed by atoms with van der Waals surface area (Å²) in [6, 6.07) is 12.1. The SMILES string of the molecule is CC(CCc1ccccc1)NC1CSCCSC1. The molecule has 3 heteroatoms. The van der Waals surface area contributed by atoms with Gasteiger partial charge in [0.05, 0.1) is 0 Å². The van der Waals surface area contributed by atoms with Gasteiger partial charge in [0, 0.05) is 35.1 Å². The number of benzene rings is 1. The highest BCUT2D eigenvalue weighted by molar-refractivity contribution is 8.03. The van der Waals surface area contributed by atoms with Crippen LogP contribution in [-0.2, 0) is 6.42 Å². The van der Waals surface area contributed by atoms with Crippen molar-refractivity contribution in [2.24, 2.45) is 0 Å². The second kappa shape index (κ2) is 8.13. The lowest BCUT2D eigenvalue weighted by molar-refractivity contribution is 0.473. The first-order chi connectivity index (χ1) is 8.84. The molecule has 1 aliphatic rings. The van der Waals surface area contributed by atoms with E-state index in [0.717, 1.165) is 0 Å². The molecule has 1 N–H and O–H groups in total. The first-order valence-electron chi connectivity index (χ1n) is 6.80. The lowest BCUT2D eigenvalue weighted by Crippen LogP contribution is -2.39. The lowest BCUT2D eigenvalue weighted by Gasteiger charge is -2.21. The van der Waals surface area contributed by atoms with Gasteiger partial charge in [-0.2, -0.15) is 23.5 Å². The molecule has 18 heavy (non-hydrogen) atoms. The molecule has 1 aromatic carbocycles. The van der Waals surface area contributed by atoms with Crippen LogP contribution in [0.15, 0.2) is 30.3 Å². The van der Waals surface area contributed by atoms with Crippen molar-refractivity contribution in [3.63, 3.8) is 0 Å². The summed E-state index contributed by atoms with van der Waals surface area (Å²) in [6.45, 7) is 2.32. The second-order valence-electron chi connectivity index (χ2n) is 4.94. The molecule has 0 radical (unpaired) electrons. The van der Waals surface area contributed by atoms with Crippen LogP contribution in [0.1, 0.15) is 18.9 Å². The Morgan fingerprint density at radius 1 is 1.17 bits per heavy atom. The summed E-state index contributed by atoms with van der Waals surface area (Å²) < 4.78 is 0. The van der Waals surface area contributed by atoms with E-state index in [9.17, 15) is 0 Å². The van der Waals surface area contributed by atoms with E-state index in [1.807, 2.05) is 0 Å². The number of thioether (sulfide) groups is 2. The minimum atomic E-state index is 0.620. The highest BCUT2D eigenvalue weighted by Crippen LogP contribution is 2.17. The standard InChI is InChI=1S/C15H23NS2/c1-13(7-8-14-5-3-2-4-6-14)16-15-11-17-9-10-18-12-15/h2-6,13,15-16H,7-12H2,1H3. The van der Waals surface area contributed by atoms with Crippen LogP contribution >= 0.6 is 23.5 Å². The van der Waals surface area contributed by atoms with Crippen LogP contribution in [0.4, 0.5) is 0 Å². The summed E-state index contributed by atoms with van der Waals surface area (Å²) >= 11 is 4.19. The fraction of sp³-hybridized carbons (Fsp3) is 0.600. The average Bonchev–Trinajstić information content (AvgIpc) is 2.66. The van der Waals surface area contributed by atoms with Crippen molar-refractivity contribution in [3.8, 4) is 0 Å². The van der Waals surface area contributed by atoms with Crippen molar-refractivity contribution in [2.75, 3.05) is 23.0 Å². The molecule has 2 rings (SSSR count). The largest absolute Gasteiger partial charge is 0.310 e. The van der Waals surface area contributed by atoms with E-state index in [0.29, 0.717) is 12.1 Å². The fourth-order valence-corrected chi connectivity index (χ4v) is 4.65. The van der Waals surface area contributed by atoms with Gasteiger partial charge in [0.25, 0.3) is 0 Å². The second-order valence-corrected chi connectivity index (χ2v) is 7.24. The molecule has 0 aromatic heterocycles. The van der Waals surface area contributed by atoms with E-state index in [1.54, 1.807) is 0 Å². The Balaban J connectivity index is 1.69. The third-order valence-corrected chi connectivity index (χ3v) is 5.76. The van der Waals surface area contributed by atoms with Crippen LogP contribution in [0.25, 0.3) is 0 Å². The molecule has 1 aromatic rings. The van der Waals surface area contributed by atoms with Crippen LogP contribution in [0.2, 0.25) is 0 Å². The molecule has 0 spiro atoms. The minimum Gasteiger partial charge on any atom is -0.310 e. The summed E-state index contributed by atoms with van der Waals surface area (Å²) in [5.74, 6) is 5.20. The molecule has 1 nitrogen and oxygen atoms in total. The van der Waals surface area contributed by atoms with Crippen molar-refractivity contribution < 1.29 is 0 Å². The van der Waals surface area contributed by atoms with Gasteiger partial charge in [-0.15, -0.1) is 0 Å². The van der Waals surface area contributed by atoms with Crippen LogP contribution in [0, 0.1) is 0 Å². The van der Waals surface area contributed by atoms with Crippen LogP contribution in [0.3, 0.4) is 0 Å². The molecular weight excluding hydrogens is 258 g/mol. The Kier molecular flexibility index (Phi) is 6.46. The Bertz CT molecular complexity index is 321.